The van der Waals surface area contributed by atoms with Crippen LogP contribution in [0.2, 0.25) is 0 Å². The Morgan fingerprint density at radius 2 is 2.13 bits per heavy atom. The van der Waals surface area contributed by atoms with Crippen molar-refractivity contribution in [2.45, 2.75) is 39.0 Å². The zero-order chi connectivity index (χ0) is 17.0. The van der Waals surface area contributed by atoms with Crippen molar-refractivity contribution >= 4 is 22.9 Å². The zero-order valence-corrected chi connectivity index (χ0v) is 14.8. The number of anilines is 1. The Kier molecular flexibility index (Phi) is 5.46. The number of nitrogens with zero attached hydrogens (tertiary/aromatic N) is 2. The molecule has 1 fully saturated rings. The van der Waals surface area contributed by atoms with Gasteiger partial charge in [0.05, 0.1) is 12.2 Å². The number of likely N-dealkylation sites (tertiary alicyclic amines) is 1. The summed E-state index contributed by atoms with van der Waals surface area (Å²) in [6.07, 6.45) is 6.95. The quantitative estimate of drug-likeness (QED) is 0.867. The van der Waals surface area contributed by atoms with Gasteiger partial charge in [-0.05, 0) is 37.4 Å². The fourth-order valence-electron chi connectivity index (χ4n) is 2.65. The van der Waals surface area contributed by atoms with Crippen molar-refractivity contribution in [3.05, 3.63) is 15.8 Å². The highest BCUT2D eigenvalue weighted by atomic mass is 32.1. The van der Waals surface area contributed by atoms with Gasteiger partial charge in [-0.3, -0.25) is 9.69 Å². The molecule has 0 saturated carbocycles. The Morgan fingerprint density at radius 1 is 1.48 bits per heavy atom. The lowest BCUT2D eigenvalue weighted by Crippen LogP contribution is -2.38. The van der Waals surface area contributed by atoms with E-state index in [0.717, 1.165) is 30.8 Å². The average Bonchev–Trinajstić information content (AvgIpc) is 2.91. The lowest BCUT2D eigenvalue weighted by molar-refractivity contribution is -0.121. The second-order valence-corrected chi connectivity index (χ2v) is 8.01. The van der Waals surface area contributed by atoms with Crippen molar-refractivity contribution in [1.82, 2.24) is 4.90 Å². The first-order valence-electron chi connectivity index (χ1n) is 7.86. The molecule has 0 unspecified atom stereocenters. The number of carbonyl (C=O) groups is 1. The van der Waals surface area contributed by atoms with Crippen molar-refractivity contribution in [3.63, 3.8) is 0 Å². The number of nitrogens with one attached hydrogen (secondary N) is 1. The molecule has 0 bridgehead atoms. The van der Waals surface area contributed by atoms with Crippen LogP contribution in [0.15, 0.2) is 6.07 Å². The Balaban J connectivity index is 2.03. The third-order valence-electron chi connectivity index (χ3n) is 4.10. The second-order valence-electron chi connectivity index (χ2n) is 6.96. The number of piperidine rings is 1. The smallest absolute Gasteiger partial charge is 0.227 e. The van der Waals surface area contributed by atoms with Crippen LogP contribution in [-0.4, -0.2) is 30.4 Å². The number of hydrogen-bond donors (Lipinski definition) is 1. The minimum absolute atomic E-state index is 0.00597. The van der Waals surface area contributed by atoms with Crippen LogP contribution in [0.4, 0.5) is 5.69 Å². The molecular formula is C18H23N3OS. The van der Waals surface area contributed by atoms with Gasteiger partial charge in [0, 0.05) is 10.8 Å². The third-order valence-corrected chi connectivity index (χ3v) is 5.57. The summed E-state index contributed by atoms with van der Waals surface area (Å²) >= 11 is 1.46. The number of carbonyl (C=O) groups excluding carboxylic acids is 1. The van der Waals surface area contributed by atoms with E-state index in [1.54, 1.807) is 0 Å². The Hall–Kier alpha value is -1.82. The van der Waals surface area contributed by atoms with Gasteiger partial charge >= 0.3 is 0 Å². The second kappa shape index (κ2) is 7.17. The summed E-state index contributed by atoms with van der Waals surface area (Å²) in [5.41, 5.74) is 0.623. The predicted molar refractivity (Wildman–Crippen MR) is 94.4 cm³/mol. The van der Waals surface area contributed by atoms with E-state index in [0.29, 0.717) is 17.1 Å². The van der Waals surface area contributed by atoms with E-state index in [9.17, 15) is 10.1 Å². The van der Waals surface area contributed by atoms with E-state index in [1.165, 1.54) is 11.3 Å². The van der Waals surface area contributed by atoms with Gasteiger partial charge in [-0.25, -0.2) is 0 Å². The molecule has 0 aliphatic carbocycles. The van der Waals surface area contributed by atoms with E-state index in [4.69, 9.17) is 6.42 Å². The Bertz CT molecular complexity index is 649. The van der Waals surface area contributed by atoms with Gasteiger partial charge in [0.15, 0.2) is 0 Å². The lowest BCUT2D eigenvalue weighted by Gasteiger charge is -2.29. The Labute approximate surface area is 142 Å². The highest BCUT2D eigenvalue weighted by molar-refractivity contribution is 7.13. The molecule has 5 heteroatoms. The van der Waals surface area contributed by atoms with Crippen molar-refractivity contribution in [2.75, 3.05) is 25.0 Å². The van der Waals surface area contributed by atoms with E-state index in [-0.39, 0.29) is 17.2 Å². The number of hydrogen-bond acceptors (Lipinski definition) is 4. The number of nitriles is 1. The first-order valence-corrected chi connectivity index (χ1v) is 8.68. The highest BCUT2D eigenvalue weighted by Crippen LogP contribution is 2.35. The molecular weight excluding hydrogens is 306 g/mol. The van der Waals surface area contributed by atoms with Gasteiger partial charge in [-0.2, -0.15) is 5.26 Å². The number of rotatable bonds is 3. The maximum Gasteiger partial charge on any atom is 0.227 e. The number of terminal acetylenes is 1. The first kappa shape index (κ1) is 17.5. The summed E-state index contributed by atoms with van der Waals surface area (Å²) in [5, 5.41) is 12.3. The average molecular weight is 329 g/mol. The maximum atomic E-state index is 12.5. The molecule has 2 heterocycles. The highest BCUT2D eigenvalue weighted by Gasteiger charge is 2.26. The molecule has 1 N–H and O–H groups in total. The van der Waals surface area contributed by atoms with E-state index >= 15 is 0 Å². The molecule has 23 heavy (non-hydrogen) atoms. The summed E-state index contributed by atoms with van der Waals surface area (Å²) in [7, 11) is 0. The fraction of sp³-hybridized carbons (Fsp3) is 0.556. The van der Waals surface area contributed by atoms with Crippen LogP contribution in [0.3, 0.4) is 0 Å². The number of thiophene rings is 1. The molecule has 1 aliphatic heterocycles. The molecule has 1 amide bonds. The van der Waals surface area contributed by atoms with Crippen LogP contribution in [0.1, 0.15) is 43.4 Å². The van der Waals surface area contributed by atoms with E-state index in [2.05, 4.69) is 43.0 Å². The van der Waals surface area contributed by atoms with Gasteiger partial charge in [-0.15, -0.1) is 17.8 Å². The van der Waals surface area contributed by atoms with Gasteiger partial charge < -0.3 is 5.32 Å². The molecule has 1 aromatic heterocycles. The maximum absolute atomic E-state index is 12.5. The van der Waals surface area contributed by atoms with Crippen LogP contribution < -0.4 is 5.32 Å². The van der Waals surface area contributed by atoms with Crippen molar-refractivity contribution < 1.29 is 4.79 Å². The fourth-order valence-corrected chi connectivity index (χ4v) is 3.62. The molecule has 0 atom stereocenters. The van der Waals surface area contributed by atoms with Gasteiger partial charge in [0.25, 0.3) is 0 Å². The standard InChI is InChI=1S/C18H23N3OS/c1-5-8-21-9-6-13(7-10-21)17(22)20-14-11-16(18(2,3)4)23-15(14)12-19/h1,11,13H,6-10H2,2-4H3,(H,20,22). The molecule has 1 aliphatic rings. The van der Waals surface area contributed by atoms with Crippen LogP contribution in [-0.2, 0) is 10.2 Å². The van der Waals surface area contributed by atoms with Crippen LogP contribution >= 0.6 is 11.3 Å². The summed E-state index contributed by atoms with van der Waals surface area (Å²) in [5.74, 6) is 2.65. The summed E-state index contributed by atoms with van der Waals surface area (Å²) in [6, 6.07) is 4.13. The largest absolute Gasteiger partial charge is 0.324 e. The molecule has 1 aromatic rings. The molecule has 0 aromatic carbocycles. The van der Waals surface area contributed by atoms with E-state index < -0.39 is 0 Å². The Morgan fingerprint density at radius 3 is 2.65 bits per heavy atom. The SMILES string of the molecule is C#CCN1CCC(C(=O)Nc2cc(C(C)(C)C)sc2C#N)CC1. The normalized spacial score (nSPS) is 16.6. The summed E-state index contributed by atoms with van der Waals surface area (Å²) < 4.78 is 0. The van der Waals surface area contributed by atoms with Gasteiger partial charge in [0.1, 0.15) is 10.9 Å². The molecule has 0 spiro atoms. The molecule has 122 valence electrons. The summed E-state index contributed by atoms with van der Waals surface area (Å²) in [4.78, 5) is 16.4. The van der Waals surface area contributed by atoms with Crippen molar-refractivity contribution in [3.8, 4) is 18.4 Å². The first-order chi connectivity index (χ1) is 10.8. The molecule has 4 nitrogen and oxygen atoms in total. The molecule has 1 saturated heterocycles. The minimum Gasteiger partial charge on any atom is -0.324 e. The minimum atomic E-state index is -0.0280. The molecule has 2 rings (SSSR count). The van der Waals surface area contributed by atoms with Crippen LogP contribution in [0, 0.1) is 29.6 Å². The van der Waals surface area contributed by atoms with Gasteiger partial charge in [-0.1, -0.05) is 26.7 Å². The zero-order valence-electron chi connectivity index (χ0n) is 14.0. The third kappa shape index (κ3) is 4.34. The predicted octanol–water partition coefficient (Wildman–Crippen LogP) is 3.20. The van der Waals surface area contributed by atoms with Crippen molar-refractivity contribution in [2.24, 2.45) is 5.92 Å². The number of amides is 1. The van der Waals surface area contributed by atoms with Gasteiger partial charge in [0.2, 0.25) is 5.91 Å². The summed E-state index contributed by atoms with van der Waals surface area (Å²) in [6.45, 7) is 8.66. The van der Waals surface area contributed by atoms with Crippen molar-refractivity contribution in [1.29, 1.82) is 5.26 Å². The van der Waals surface area contributed by atoms with Crippen LogP contribution in [0.5, 0.6) is 0 Å². The lowest BCUT2D eigenvalue weighted by atomic mass is 9.94. The van der Waals surface area contributed by atoms with E-state index in [1.807, 2.05) is 6.07 Å². The molecule has 0 radical (unpaired) electrons. The van der Waals surface area contributed by atoms with Crippen LogP contribution in [0.25, 0.3) is 0 Å². The topological polar surface area (TPSA) is 56.1 Å². The monoisotopic (exact) mass is 329 g/mol.